The number of nitrogens with zero attached hydrogens (tertiary/aromatic N) is 2. The van der Waals surface area contributed by atoms with E-state index in [1.165, 1.54) is 6.92 Å². The number of imidazole rings is 1. The minimum Gasteiger partial charge on any atom is -0.383 e. The first-order chi connectivity index (χ1) is 11.8. The van der Waals surface area contributed by atoms with Gasteiger partial charge in [0.25, 0.3) is 0 Å². The third kappa shape index (κ3) is 5.39. The Morgan fingerprint density at radius 2 is 2.04 bits per heavy atom. The van der Waals surface area contributed by atoms with Gasteiger partial charge in [0.05, 0.1) is 11.4 Å². The number of benzene rings is 1. The Morgan fingerprint density at radius 3 is 2.64 bits per heavy atom. The van der Waals surface area contributed by atoms with E-state index in [-0.39, 0.29) is 11.3 Å². The van der Waals surface area contributed by atoms with E-state index >= 15 is 0 Å². The molecule has 0 saturated carbocycles. The van der Waals surface area contributed by atoms with Crippen molar-refractivity contribution in [2.45, 2.75) is 20.8 Å². The monoisotopic (exact) mass is 345 g/mol. The lowest BCUT2D eigenvalue weighted by molar-refractivity contribution is -0.114. The Hall–Kier alpha value is -2.74. The molecular formula is C17H27N7O. The van der Waals surface area contributed by atoms with E-state index in [0.717, 1.165) is 17.9 Å². The molecule has 1 heterocycles. The summed E-state index contributed by atoms with van der Waals surface area (Å²) in [5.74, 6) is 0.561. The van der Waals surface area contributed by atoms with Gasteiger partial charge in [0.1, 0.15) is 0 Å². The number of carbonyl (C=O) groups is 1. The summed E-state index contributed by atoms with van der Waals surface area (Å²) in [6, 6.07) is 5.63. The molecule has 2 aromatic rings. The second-order valence-corrected chi connectivity index (χ2v) is 6.78. The molecule has 8 heteroatoms. The molecule has 0 saturated heterocycles. The van der Waals surface area contributed by atoms with E-state index in [1.807, 2.05) is 36.0 Å². The fourth-order valence-electron chi connectivity index (χ4n) is 2.10. The summed E-state index contributed by atoms with van der Waals surface area (Å²) in [6.45, 7) is 6.99. The molecule has 1 aromatic heterocycles. The molecule has 0 aliphatic heterocycles. The van der Waals surface area contributed by atoms with Crippen LogP contribution in [-0.2, 0) is 11.8 Å². The number of amides is 1. The maximum Gasteiger partial charge on any atom is 0.221 e. The average molecular weight is 345 g/mol. The van der Waals surface area contributed by atoms with Gasteiger partial charge in [-0.2, -0.15) is 0 Å². The van der Waals surface area contributed by atoms with Crippen molar-refractivity contribution in [3.8, 4) is 0 Å². The van der Waals surface area contributed by atoms with E-state index in [9.17, 15) is 4.79 Å². The Bertz CT molecular complexity index is 724. The molecular weight excluding hydrogens is 318 g/mol. The number of rotatable bonds is 8. The molecule has 0 spiro atoms. The van der Waals surface area contributed by atoms with Crippen molar-refractivity contribution in [3.05, 3.63) is 30.6 Å². The van der Waals surface area contributed by atoms with Crippen LogP contribution in [0.3, 0.4) is 0 Å². The lowest BCUT2D eigenvalue weighted by Gasteiger charge is -2.25. The maximum atomic E-state index is 11.3. The predicted octanol–water partition coefficient (Wildman–Crippen LogP) is 2.21. The SMILES string of the molecule is CC(=O)Nc1ccc(NCC(C)(C)CN)c(NNc2nccn2C)c1. The van der Waals surface area contributed by atoms with Gasteiger partial charge >= 0.3 is 0 Å². The van der Waals surface area contributed by atoms with E-state index < -0.39 is 0 Å². The van der Waals surface area contributed by atoms with Crippen molar-refractivity contribution in [1.29, 1.82) is 0 Å². The van der Waals surface area contributed by atoms with Crippen LogP contribution in [0.2, 0.25) is 0 Å². The molecule has 0 unspecified atom stereocenters. The second-order valence-electron chi connectivity index (χ2n) is 6.78. The summed E-state index contributed by atoms with van der Waals surface area (Å²) in [5, 5.41) is 6.19. The van der Waals surface area contributed by atoms with E-state index in [0.29, 0.717) is 18.2 Å². The molecule has 25 heavy (non-hydrogen) atoms. The first kappa shape index (κ1) is 18.6. The summed E-state index contributed by atoms with van der Waals surface area (Å²) < 4.78 is 1.86. The quantitative estimate of drug-likeness (QED) is 0.469. The Kier molecular flexibility index (Phi) is 5.87. The lowest BCUT2D eigenvalue weighted by Crippen LogP contribution is -2.31. The van der Waals surface area contributed by atoms with Gasteiger partial charge in [-0.3, -0.25) is 15.6 Å². The number of nitrogens with two attached hydrogens (primary N) is 1. The molecule has 0 aliphatic rings. The highest BCUT2D eigenvalue weighted by molar-refractivity contribution is 5.90. The fraction of sp³-hybridized carbons (Fsp3) is 0.412. The van der Waals surface area contributed by atoms with Crippen LogP contribution in [0, 0.1) is 5.41 Å². The third-order valence-electron chi connectivity index (χ3n) is 3.78. The number of aryl methyl sites for hydroxylation is 1. The van der Waals surface area contributed by atoms with Gasteiger partial charge < -0.3 is 20.9 Å². The summed E-state index contributed by atoms with van der Waals surface area (Å²) in [5.41, 5.74) is 14.4. The van der Waals surface area contributed by atoms with E-state index in [1.54, 1.807) is 6.20 Å². The molecule has 0 atom stereocenters. The van der Waals surface area contributed by atoms with Gasteiger partial charge in [-0.1, -0.05) is 13.8 Å². The number of carbonyl (C=O) groups excluding carboxylic acids is 1. The van der Waals surface area contributed by atoms with E-state index in [2.05, 4.69) is 40.3 Å². The highest BCUT2D eigenvalue weighted by atomic mass is 16.1. The van der Waals surface area contributed by atoms with Crippen molar-refractivity contribution >= 4 is 28.9 Å². The van der Waals surface area contributed by atoms with Crippen LogP contribution in [0.25, 0.3) is 0 Å². The molecule has 1 amide bonds. The van der Waals surface area contributed by atoms with Gasteiger partial charge in [0, 0.05) is 38.6 Å². The van der Waals surface area contributed by atoms with Crippen molar-refractivity contribution in [2.75, 3.05) is 34.6 Å². The lowest BCUT2D eigenvalue weighted by atomic mass is 9.94. The third-order valence-corrected chi connectivity index (χ3v) is 3.78. The zero-order valence-corrected chi connectivity index (χ0v) is 15.2. The van der Waals surface area contributed by atoms with Gasteiger partial charge in [-0.15, -0.1) is 0 Å². The van der Waals surface area contributed by atoms with Gasteiger partial charge in [0.15, 0.2) is 0 Å². The smallest absolute Gasteiger partial charge is 0.221 e. The normalized spacial score (nSPS) is 11.1. The zero-order chi connectivity index (χ0) is 18.4. The molecule has 0 fully saturated rings. The summed E-state index contributed by atoms with van der Waals surface area (Å²) in [4.78, 5) is 15.5. The van der Waals surface area contributed by atoms with Crippen LogP contribution in [0.5, 0.6) is 0 Å². The number of nitrogens with one attached hydrogen (secondary N) is 4. The van der Waals surface area contributed by atoms with Gasteiger partial charge in [-0.25, -0.2) is 4.98 Å². The number of hydrazine groups is 1. The van der Waals surface area contributed by atoms with Crippen molar-refractivity contribution in [3.63, 3.8) is 0 Å². The molecule has 136 valence electrons. The minimum atomic E-state index is -0.118. The van der Waals surface area contributed by atoms with Gasteiger partial charge in [-0.05, 0) is 30.2 Å². The number of aromatic nitrogens is 2. The standard InChI is InChI=1S/C17H27N7O/c1-12(25)21-13-5-6-14(20-11-17(2,3)10-18)15(9-13)22-23-16-19-7-8-24(16)4/h5-9,20,22H,10-11,18H2,1-4H3,(H,19,23)(H,21,25). The van der Waals surface area contributed by atoms with Crippen LogP contribution in [0.1, 0.15) is 20.8 Å². The predicted molar refractivity (Wildman–Crippen MR) is 103 cm³/mol. The summed E-state index contributed by atoms with van der Waals surface area (Å²) in [7, 11) is 1.90. The number of hydrogen-bond donors (Lipinski definition) is 5. The van der Waals surface area contributed by atoms with Crippen LogP contribution in [0.4, 0.5) is 23.0 Å². The van der Waals surface area contributed by atoms with Crippen molar-refractivity contribution < 1.29 is 4.79 Å². The number of anilines is 4. The Labute approximate surface area is 148 Å². The Morgan fingerprint density at radius 1 is 1.28 bits per heavy atom. The summed E-state index contributed by atoms with van der Waals surface area (Å²) in [6.07, 6.45) is 3.56. The highest BCUT2D eigenvalue weighted by Crippen LogP contribution is 2.27. The first-order valence-corrected chi connectivity index (χ1v) is 8.16. The van der Waals surface area contributed by atoms with Crippen LogP contribution in [-0.4, -0.2) is 28.5 Å². The number of hydrogen-bond acceptors (Lipinski definition) is 6. The second kappa shape index (κ2) is 7.89. The van der Waals surface area contributed by atoms with Crippen molar-refractivity contribution in [2.24, 2.45) is 18.2 Å². The zero-order valence-electron chi connectivity index (χ0n) is 15.2. The van der Waals surface area contributed by atoms with Crippen molar-refractivity contribution in [1.82, 2.24) is 9.55 Å². The van der Waals surface area contributed by atoms with Crippen LogP contribution >= 0.6 is 0 Å². The molecule has 6 N–H and O–H groups in total. The van der Waals surface area contributed by atoms with E-state index in [4.69, 9.17) is 5.73 Å². The van der Waals surface area contributed by atoms with Gasteiger partial charge in [0.2, 0.25) is 11.9 Å². The molecule has 0 bridgehead atoms. The summed E-state index contributed by atoms with van der Waals surface area (Å²) >= 11 is 0. The molecule has 0 aliphatic carbocycles. The maximum absolute atomic E-state index is 11.3. The topological polar surface area (TPSA) is 109 Å². The molecule has 2 rings (SSSR count). The Balaban J connectivity index is 2.18. The molecule has 8 nitrogen and oxygen atoms in total. The fourth-order valence-corrected chi connectivity index (χ4v) is 2.10. The largest absolute Gasteiger partial charge is 0.383 e. The molecule has 0 radical (unpaired) electrons. The average Bonchev–Trinajstić information content (AvgIpc) is 2.96. The van der Waals surface area contributed by atoms with Crippen LogP contribution < -0.4 is 27.2 Å². The molecule has 1 aromatic carbocycles. The van der Waals surface area contributed by atoms with Crippen LogP contribution in [0.15, 0.2) is 30.6 Å². The first-order valence-electron chi connectivity index (χ1n) is 8.16. The highest BCUT2D eigenvalue weighted by Gasteiger charge is 2.16. The minimum absolute atomic E-state index is 0.0271.